The van der Waals surface area contributed by atoms with Crippen LogP contribution in [0.5, 0.6) is 0 Å². The minimum absolute atomic E-state index is 0.0654. The summed E-state index contributed by atoms with van der Waals surface area (Å²) in [6.45, 7) is 1.74. The molecule has 0 spiro atoms. The molecule has 0 saturated carbocycles. The molecule has 1 saturated heterocycles. The molecule has 2 rings (SSSR count). The highest BCUT2D eigenvalue weighted by Crippen LogP contribution is 2.23. The molecule has 120 valence electrons. The maximum absolute atomic E-state index is 12.1. The fourth-order valence-corrected chi connectivity index (χ4v) is 2.75. The maximum atomic E-state index is 12.1. The molecule has 22 heavy (non-hydrogen) atoms. The number of carbonyl (C=O) groups excluding carboxylic acids is 2. The van der Waals surface area contributed by atoms with E-state index >= 15 is 0 Å². The Morgan fingerprint density at radius 3 is 2.68 bits per heavy atom. The molecule has 1 aromatic carbocycles. The first-order chi connectivity index (χ1) is 10.5. The van der Waals surface area contributed by atoms with Crippen molar-refractivity contribution in [2.45, 2.75) is 12.5 Å². The summed E-state index contributed by atoms with van der Waals surface area (Å²) >= 11 is 11.7. The van der Waals surface area contributed by atoms with Gasteiger partial charge in [-0.2, -0.15) is 0 Å². The van der Waals surface area contributed by atoms with Crippen LogP contribution in [-0.2, 0) is 14.3 Å². The van der Waals surface area contributed by atoms with E-state index in [2.05, 4.69) is 5.32 Å². The summed E-state index contributed by atoms with van der Waals surface area (Å²) in [7, 11) is 0. The summed E-state index contributed by atoms with van der Waals surface area (Å²) in [4.78, 5) is 25.8. The number of nitrogens with two attached hydrogens (primary N) is 1. The molecule has 1 heterocycles. The highest BCUT2D eigenvalue weighted by atomic mass is 35.5. The lowest BCUT2D eigenvalue weighted by atomic mass is 10.1. The van der Waals surface area contributed by atoms with E-state index in [-0.39, 0.29) is 18.2 Å². The molecule has 3 N–H and O–H groups in total. The molecule has 0 aromatic heterocycles. The Labute approximate surface area is 138 Å². The molecule has 1 aromatic rings. The number of benzene rings is 1. The monoisotopic (exact) mass is 345 g/mol. The fraction of sp³-hybridized carbons (Fsp3) is 0.429. The first kappa shape index (κ1) is 17.0. The second-order valence-corrected chi connectivity index (χ2v) is 5.76. The van der Waals surface area contributed by atoms with Crippen molar-refractivity contribution in [3.05, 3.63) is 28.2 Å². The Morgan fingerprint density at radius 1 is 1.36 bits per heavy atom. The van der Waals surface area contributed by atoms with Gasteiger partial charge in [-0.1, -0.05) is 23.2 Å². The Kier molecular flexibility index (Phi) is 6.02. The number of amides is 2. The van der Waals surface area contributed by atoms with Crippen molar-refractivity contribution >= 4 is 40.7 Å². The highest BCUT2D eigenvalue weighted by Gasteiger charge is 2.30. The van der Waals surface area contributed by atoms with Gasteiger partial charge in [0.1, 0.15) is 6.10 Å². The molecule has 0 radical (unpaired) electrons. The van der Waals surface area contributed by atoms with Crippen LogP contribution in [0.15, 0.2) is 18.2 Å². The minimum Gasteiger partial charge on any atom is -0.366 e. The maximum Gasteiger partial charge on any atom is 0.252 e. The van der Waals surface area contributed by atoms with E-state index in [9.17, 15) is 9.59 Å². The first-order valence-corrected chi connectivity index (χ1v) is 7.61. The Morgan fingerprint density at radius 2 is 2.05 bits per heavy atom. The van der Waals surface area contributed by atoms with E-state index in [1.165, 1.54) is 0 Å². The standard InChI is InChI=1S/C14H17Cl2N3O3/c15-9-5-10(16)7-11(6-9)18-13(20)8-12-14(21)19(2-1-17)3-4-22-12/h5-7,12H,1-4,8,17H2,(H,18,20)/t12-/m1/s1. The van der Waals surface area contributed by atoms with Crippen molar-refractivity contribution in [2.24, 2.45) is 5.73 Å². The average Bonchev–Trinajstić information content (AvgIpc) is 2.42. The summed E-state index contributed by atoms with van der Waals surface area (Å²) < 4.78 is 5.38. The first-order valence-electron chi connectivity index (χ1n) is 6.86. The lowest BCUT2D eigenvalue weighted by Crippen LogP contribution is -2.50. The molecular formula is C14H17Cl2N3O3. The van der Waals surface area contributed by atoms with Crippen LogP contribution in [0.1, 0.15) is 6.42 Å². The smallest absolute Gasteiger partial charge is 0.252 e. The van der Waals surface area contributed by atoms with E-state index in [0.717, 1.165) is 0 Å². The van der Waals surface area contributed by atoms with Gasteiger partial charge in [0.2, 0.25) is 5.91 Å². The van der Waals surface area contributed by atoms with Crippen molar-refractivity contribution in [2.75, 3.05) is 31.6 Å². The number of nitrogens with zero attached hydrogens (tertiary/aromatic N) is 1. The highest BCUT2D eigenvalue weighted by molar-refractivity contribution is 6.35. The average molecular weight is 346 g/mol. The number of halogens is 2. The Hall–Kier alpha value is -1.34. The second kappa shape index (κ2) is 7.78. The Balaban J connectivity index is 1.95. The van der Waals surface area contributed by atoms with Gasteiger partial charge >= 0.3 is 0 Å². The molecule has 0 unspecified atom stereocenters. The zero-order valence-electron chi connectivity index (χ0n) is 11.9. The van der Waals surface area contributed by atoms with Crippen LogP contribution in [0.25, 0.3) is 0 Å². The number of rotatable bonds is 5. The molecule has 1 aliphatic rings. The number of hydrogen-bond acceptors (Lipinski definition) is 4. The molecule has 0 bridgehead atoms. The predicted octanol–water partition coefficient (Wildman–Crippen LogP) is 1.51. The summed E-state index contributed by atoms with van der Waals surface area (Å²) in [5.41, 5.74) is 5.94. The quantitative estimate of drug-likeness (QED) is 0.846. The largest absolute Gasteiger partial charge is 0.366 e. The van der Waals surface area contributed by atoms with Gasteiger partial charge in [0.05, 0.1) is 13.0 Å². The van der Waals surface area contributed by atoms with Gasteiger partial charge in [0.25, 0.3) is 5.91 Å². The van der Waals surface area contributed by atoms with Gasteiger partial charge in [-0.15, -0.1) is 0 Å². The molecule has 8 heteroatoms. The normalized spacial score (nSPS) is 18.4. The third-order valence-corrected chi connectivity index (χ3v) is 3.62. The van der Waals surface area contributed by atoms with Crippen LogP contribution in [0.3, 0.4) is 0 Å². The van der Waals surface area contributed by atoms with Crippen molar-refractivity contribution < 1.29 is 14.3 Å². The number of carbonyl (C=O) groups is 2. The van der Waals surface area contributed by atoms with Crippen LogP contribution in [0.4, 0.5) is 5.69 Å². The van der Waals surface area contributed by atoms with Gasteiger partial charge < -0.3 is 20.7 Å². The SMILES string of the molecule is NCCN1CCO[C@H](CC(=O)Nc2cc(Cl)cc(Cl)c2)C1=O. The van der Waals surface area contributed by atoms with Crippen LogP contribution >= 0.6 is 23.2 Å². The molecule has 6 nitrogen and oxygen atoms in total. The fourth-order valence-electron chi connectivity index (χ4n) is 2.22. The number of hydrogen-bond donors (Lipinski definition) is 2. The van der Waals surface area contributed by atoms with Crippen molar-refractivity contribution in [1.82, 2.24) is 4.90 Å². The van der Waals surface area contributed by atoms with E-state index in [4.69, 9.17) is 33.7 Å². The second-order valence-electron chi connectivity index (χ2n) is 4.88. The van der Waals surface area contributed by atoms with Gasteiger partial charge in [-0.3, -0.25) is 9.59 Å². The molecule has 1 atom stereocenters. The van der Waals surface area contributed by atoms with Gasteiger partial charge in [-0.25, -0.2) is 0 Å². The molecule has 1 fully saturated rings. The lowest BCUT2D eigenvalue weighted by molar-refractivity contribution is -0.154. The zero-order valence-corrected chi connectivity index (χ0v) is 13.4. The van der Waals surface area contributed by atoms with Crippen molar-refractivity contribution in [1.29, 1.82) is 0 Å². The third-order valence-electron chi connectivity index (χ3n) is 3.18. The van der Waals surface area contributed by atoms with Crippen molar-refractivity contribution in [3.63, 3.8) is 0 Å². The van der Waals surface area contributed by atoms with E-state index < -0.39 is 6.10 Å². The van der Waals surface area contributed by atoms with Gasteiger partial charge in [0.15, 0.2) is 0 Å². The summed E-state index contributed by atoms with van der Waals surface area (Å²) in [6.07, 6.45) is -0.848. The summed E-state index contributed by atoms with van der Waals surface area (Å²) in [5.74, 6) is -0.553. The van der Waals surface area contributed by atoms with Gasteiger partial charge in [-0.05, 0) is 18.2 Å². The third kappa shape index (κ3) is 4.58. The van der Waals surface area contributed by atoms with E-state index in [1.54, 1.807) is 23.1 Å². The van der Waals surface area contributed by atoms with E-state index in [1.807, 2.05) is 0 Å². The topological polar surface area (TPSA) is 84.7 Å². The van der Waals surface area contributed by atoms with Gasteiger partial charge in [0, 0.05) is 35.4 Å². The molecule has 2 amide bonds. The summed E-state index contributed by atoms with van der Waals surface area (Å²) in [6, 6.07) is 4.72. The molecule has 0 aliphatic carbocycles. The van der Waals surface area contributed by atoms with Crippen molar-refractivity contribution in [3.8, 4) is 0 Å². The number of morpholine rings is 1. The minimum atomic E-state index is -0.782. The van der Waals surface area contributed by atoms with Crippen LogP contribution in [0, 0.1) is 0 Å². The van der Waals surface area contributed by atoms with E-state index in [0.29, 0.717) is 42.0 Å². The lowest BCUT2D eigenvalue weighted by Gasteiger charge is -2.31. The van der Waals surface area contributed by atoms with Crippen LogP contribution < -0.4 is 11.1 Å². The van der Waals surface area contributed by atoms with Crippen LogP contribution in [-0.4, -0.2) is 49.1 Å². The Bertz CT molecular complexity index is 546. The zero-order chi connectivity index (χ0) is 16.1. The predicted molar refractivity (Wildman–Crippen MR) is 85.1 cm³/mol. The molecule has 1 aliphatic heterocycles. The molecular weight excluding hydrogens is 329 g/mol. The summed E-state index contributed by atoms with van der Waals surface area (Å²) in [5, 5.41) is 3.49. The number of anilines is 1. The van der Waals surface area contributed by atoms with Crippen LogP contribution in [0.2, 0.25) is 10.0 Å². The number of ether oxygens (including phenoxy) is 1. The number of nitrogens with one attached hydrogen (secondary N) is 1.